The Morgan fingerprint density at radius 1 is 1.36 bits per heavy atom. The number of ether oxygens (including phenoxy) is 1. The zero-order chi connectivity index (χ0) is 15.7. The summed E-state index contributed by atoms with van der Waals surface area (Å²) in [5, 5.41) is 3.56. The Morgan fingerprint density at radius 3 is 2.64 bits per heavy atom. The number of likely N-dealkylation sites (N-methyl/N-ethyl adjacent to an activating group) is 1. The molecular formula is C15H26ClIN4O. The molecule has 0 bridgehead atoms. The van der Waals surface area contributed by atoms with Crippen LogP contribution in [0.3, 0.4) is 0 Å². The molecule has 0 aliphatic carbocycles. The molecule has 0 fully saturated rings. The lowest BCUT2D eigenvalue weighted by molar-refractivity contribution is 0.297. The minimum absolute atomic E-state index is 0. The fourth-order valence-electron chi connectivity index (χ4n) is 1.99. The molecule has 0 aliphatic rings. The Labute approximate surface area is 155 Å². The average molecular weight is 441 g/mol. The standard InChI is InChI=1S/C15H25ClN4O.HI/c1-4-9-20(5-2)10-8-18-15(17)19-12-6-7-14(21-3)13(16)11-12;/h6-7,11H,4-5,8-10H2,1-3H3,(H3,17,18,19);1H. The first-order chi connectivity index (χ1) is 10.1. The molecule has 0 radical (unpaired) electrons. The lowest BCUT2D eigenvalue weighted by Crippen LogP contribution is -2.29. The van der Waals surface area contributed by atoms with Gasteiger partial charge in [0.15, 0.2) is 5.96 Å². The van der Waals surface area contributed by atoms with E-state index in [1.807, 2.05) is 6.07 Å². The van der Waals surface area contributed by atoms with E-state index >= 15 is 0 Å². The Bertz CT molecular complexity index is 471. The van der Waals surface area contributed by atoms with Gasteiger partial charge in [-0.15, -0.1) is 24.0 Å². The van der Waals surface area contributed by atoms with Crippen LogP contribution in [0.5, 0.6) is 5.75 Å². The van der Waals surface area contributed by atoms with Crippen LogP contribution in [-0.2, 0) is 0 Å². The summed E-state index contributed by atoms with van der Waals surface area (Å²) in [6.07, 6.45) is 1.15. The van der Waals surface area contributed by atoms with Crippen molar-refractivity contribution in [3.63, 3.8) is 0 Å². The van der Waals surface area contributed by atoms with Gasteiger partial charge in [0.2, 0.25) is 0 Å². The summed E-state index contributed by atoms with van der Waals surface area (Å²) in [6.45, 7) is 8.04. The Balaban J connectivity index is 0.00000441. The van der Waals surface area contributed by atoms with E-state index in [4.69, 9.17) is 22.1 Å². The molecule has 0 aromatic heterocycles. The van der Waals surface area contributed by atoms with E-state index < -0.39 is 0 Å². The van der Waals surface area contributed by atoms with Crippen molar-refractivity contribution in [1.82, 2.24) is 4.90 Å². The Morgan fingerprint density at radius 2 is 2.09 bits per heavy atom. The predicted molar refractivity (Wildman–Crippen MR) is 106 cm³/mol. The van der Waals surface area contributed by atoms with Crippen molar-refractivity contribution in [2.75, 3.05) is 38.6 Å². The number of hydrogen-bond acceptors (Lipinski definition) is 3. The largest absolute Gasteiger partial charge is 0.495 e. The summed E-state index contributed by atoms with van der Waals surface area (Å²) in [5.41, 5.74) is 6.67. The van der Waals surface area contributed by atoms with Crippen LogP contribution in [0.4, 0.5) is 5.69 Å². The van der Waals surface area contributed by atoms with Crippen LogP contribution in [0.2, 0.25) is 5.02 Å². The fourth-order valence-corrected chi connectivity index (χ4v) is 2.25. The molecule has 1 aromatic carbocycles. The normalized spacial score (nSPS) is 11.2. The third kappa shape index (κ3) is 7.51. The van der Waals surface area contributed by atoms with Crippen molar-refractivity contribution >= 4 is 47.2 Å². The number of methoxy groups -OCH3 is 1. The molecule has 0 aliphatic heterocycles. The van der Waals surface area contributed by atoms with Crippen LogP contribution >= 0.6 is 35.6 Å². The molecule has 0 spiro atoms. The van der Waals surface area contributed by atoms with Gasteiger partial charge in [-0.25, -0.2) is 0 Å². The maximum Gasteiger partial charge on any atom is 0.193 e. The van der Waals surface area contributed by atoms with Crippen molar-refractivity contribution in [3.05, 3.63) is 23.2 Å². The number of hydrogen-bond donors (Lipinski definition) is 2. The summed E-state index contributed by atoms with van der Waals surface area (Å²) < 4.78 is 5.10. The zero-order valence-electron chi connectivity index (χ0n) is 13.4. The highest BCUT2D eigenvalue weighted by molar-refractivity contribution is 14.0. The van der Waals surface area contributed by atoms with E-state index in [1.54, 1.807) is 19.2 Å². The van der Waals surface area contributed by atoms with Crippen molar-refractivity contribution in [2.24, 2.45) is 10.7 Å². The van der Waals surface area contributed by atoms with E-state index in [1.165, 1.54) is 0 Å². The second-order valence-corrected chi connectivity index (χ2v) is 5.08. The highest BCUT2D eigenvalue weighted by Crippen LogP contribution is 2.26. The average Bonchev–Trinajstić information content (AvgIpc) is 2.46. The van der Waals surface area contributed by atoms with Gasteiger partial charge in [-0.3, -0.25) is 4.99 Å². The highest BCUT2D eigenvalue weighted by Gasteiger charge is 2.03. The van der Waals surface area contributed by atoms with Crippen LogP contribution in [0.25, 0.3) is 0 Å². The van der Waals surface area contributed by atoms with Gasteiger partial charge in [0.1, 0.15) is 5.75 Å². The van der Waals surface area contributed by atoms with Crippen LogP contribution < -0.4 is 15.8 Å². The SMILES string of the molecule is CCCN(CC)CCN=C(N)Nc1ccc(OC)c(Cl)c1.I. The first-order valence-electron chi connectivity index (χ1n) is 7.23. The van der Waals surface area contributed by atoms with Gasteiger partial charge in [-0.1, -0.05) is 25.4 Å². The number of halogens is 2. The summed E-state index contributed by atoms with van der Waals surface area (Å²) in [7, 11) is 1.58. The number of anilines is 1. The smallest absolute Gasteiger partial charge is 0.193 e. The molecule has 1 rings (SSSR count). The lowest BCUT2D eigenvalue weighted by Gasteiger charge is -2.18. The number of nitrogens with zero attached hydrogens (tertiary/aromatic N) is 2. The first-order valence-corrected chi connectivity index (χ1v) is 7.61. The summed E-state index contributed by atoms with van der Waals surface area (Å²) in [6, 6.07) is 5.40. The number of rotatable bonds is 8. The van der Waals surface area contributed by atoms with E-state index in [0.717, 1.165) is 31.7 Å². The van der Waals surface area contributed by atoms with Crippen molar-refractivity contribution in [2.45, 2.75) is 20.3 Å². The van der Waals surface area contributed by atoms with Crippen molar-refractivity contribution < 1.29 is 4.74 Å². The minimum Gasteiger partial charge on any atom is -0.495 e. The summed E-state index contributed by atoms with van der Waals surface area (Å²) in [4.78, 5) is 6.68. The van der Waals surface area contributed by atoms with Crippen LogP contribution in [-0.4, -0.2) is 44.1 Å². The van der Waals surface area contributed by atoms with Gasteiger partial charge < -0.3 is 20.7 Å². The summed E-state index contributed by atoms with van der Waals surface area (Å²) in [5.74, 6) is 1.03. The molecule has 0 amide bonds. The van der Waals surface area contributed by atoms with Crippen LogP contribution in [0.15, 0.2) is 23.2 Å². The first kappa shape index (κ1) is 21.3. The van der Waals surface area contributed by atoms with Gasteiger partial charge in [0.05, 0.1) is 18.7 Å². The van der Waals surface area contributed by atoms with Crippen LogP contribution in [0.1, 0.15) is 20.3 Å². The maximum absolute atomic E-state index is 6.06. The molecule has 22 heavy (non-hydrogen) atoms. The third-order valence-electron chi connectivity index (χ3n) is 3.11. The molecule has 1 aromatic rings. The minimum atomic E-state index is 0. The van der Waals surface area contributed by atoms with Crippen molar-refractivity contribution in [3.8, 4) is 5.75 Å². The fraction of sp³-hybridized carbons (Fsp3) is 0.533. The van der Waals surface area contributed by atoms with Crippen molar-refractivity contribution in [1.29, 1.82) is 0 Å². The monoisotopic (exact) mass is 440 g/mol. The maximum atomic E-state index is 6.06. The molecule has 5 nitrogen and oxygen atoms in total. The molecule has 0 saturated carbocycles. The molecule has 7 heteroatoms. The predicted octanol–water partition coefficient (Wildman–Crippen LogP) is 3.43. The van der Waals surface area contributed by atoms with Gasteiger partial charge >= 0.3 is 0 Å². The molecule has 3 N–H and O–H groups in total. The van der Waals surface area contributed by atoms with Gasteiger partial charge in [0.25, 0.3) is 0 Å². The highest BCUT2D eigenvalue weighted by atomic mass is 127. The topological polar surface area (TPSA) is 62.9 Å². The Hall–Kier alpha value is -0.730. The Kier molecular flexibility index (Phi) is 11.4. The second kappa shape index (κ2) is 11.8. The van der Waals surface area contributed by atoms with Crippen LogP contribution in [0, 0.1) is 0 Å². The molecule has 0 unspecified atom stereocenters. The number of nitrogens with one attached hydrogen (secondary N) is 1. The van der Waals surface area contributed by atoms with E-state index in [0.29, 0.717) is 23.3 Å². The number of guanidine groups is 1. The van der Waals surface area contributed by atoms with Gasteiger partial charge in [0, 0.05) is 12.2 Å². The molecule has 126 valence electrons. The number of nitrogens with two attached hydrogens (primary N) is 1. The third-order valence-corrected chi connectivity index (χ3v) is 3.40. The molecule has 0 saturated heterocycles. The second-order valence-electron chi connectivity index (χ2n) is 4.68. The van der Waals surface area contributed by atoms with E-state index in [2.05, 4.69) is 29.1 Å². The number of benzene rings is 1. The zero-order valence-corrected chi connectivity index (χ0v) is 16.5. The van der Waals surface area contributed by atoms with Gasteiger partial charge in [-0.05, 0) is 37.7 Å². The lowest BCUT2D eigenvalue weighted by atomic mass is 10.3. The quantitative estimate of drug-likeness (QED) is 0.369. The summed E-state index contributed by atoms with van der Waals surface area (Å²) >= 11 is 6.06. The van der Waals surface area contributed by atoms with Gasteiger partial charge in [-0.2, -0.15) is 0 Å². The number of aliphatic imine (C=N–C) groups is 1. The molecular weight excluding hydrogens is 415 g/mol. The van der Waals surface area contributed by atoms with E-state index in [-0.39, 0.29) is 24.0 Å². The van der Waals surface area contributed by atoms with E-state index in [9.17, 15) is 0 Å². The molecule has 0 atom stereocenters. The molecule has 0 heterocycles.